The van der Waals surface area contributed by atoms with Crippen molar-refractivity contribution in [3.05, 3.63) is 83.6 Å². The Kier molecular flexibility index (Phi) is 3.06. The standard InChI is InChI=1S/C24H21N3/c1-27-21-9-5-3-7-17(21)19-14-15(10-11-22(19)27)23-24-18(12-13-25-23)16-6-2-4-8-20(16)26-24/h2-11,14,23,25-26H,12-13H2,1H3. The van der Waals surface area contributed by atoms with Crippen LogP contribution in [0.1, 0.15) is 22.9 Å². The van der Waals surface area contributed by atoms with Gasteiger partial charge < -0.3 is 14.9 Å². The molecule has 0 bridgehead atoms. The highest BCUT2D eigenvalue weighted by Crippen LogP contribution is 2.36. The van der Waals surface area contributed by atoms with E-state index in [4.69, 9.17) is 0 Å². The monoisotopic (exact) mass is 351 g/mol. The van der Waals surface area contributed by atoms with Crippen LogP contribution in [0.3, 0.4) is 0 Å². The zero-order chi connectivity index (χ0) is 18.0. The molecule has 6 rings (SSSR count). The van der Waals surface area contributed by atoms with Gasteiger partial charge in [-0.05, 0) is 41.8 Å². The number of fused-ring (bicyclic) bond motifs is 6. The molecule has 3 heteroatoms. The topological polar surface area (TPSA) is 32.8 Å². The lowest BCUT2D eigenvalue weighted by molar-refractivity contribution is 0.561. The molecule has 1 aliphatic rings. The van der Waals surface area contributed by atoms with E-state index in [9.17, 15) is 0 Å². The lowest BCUT2D eigenvalue weighted by Crippen LogP contribution is -2.30. The number of benzene rings is 3. The lowest BCUT2D eigenvalue weighted by atomic mass is 9.93. The van der Waals surface area contributed by atoms with Crippen molar-refractivity contribution in [1.29, 1.82) is 0 Å². The number of para-hydroxylation sites is 2. The summed E-state index contributed by atoms with van der Waals surface area (Å²) in [7, 11) is 2.15. The van der Waals surface area contributed by atoms with Gasteiger partial charge in [-0.3, -0.25) is 0 Å². The molecule has 0 saturated carbocycles. The SMILES string of the molecule is Cn1c2ccccc2c2cc(C3NCCc4c3[nH]c3ccccc43)ccc21. The fraction of sp³-hybridized carbons (Fsp3) is 0.167. The van der Waals surface area contributed by atoms with Gasteiger partial charge in [0.25, 0.3) is 0 Å². The summed E-state index contributed by atoms with van der Waals surface area (Å²) in [6.45, 7) is 1.01. The maximum atomic E-state index is 3.73. The van der Waals surface area contributed by atoms with E-state index in [1.165, 1.54) is 49.5 Å². The summed E-state index contributed by atoms with van der Waals surface area (Å²) in [5.41, 5.74) is 7.92. The van der Waals surface area contributed by atoms with E-state index in [1.807, 2.05) is 0 Å². The molecule has 1 aliphatic heterocycles. The second kappa shape index (κ2) is 5.48. The Morgan fingerprint density at radius 1 is 0.852 bits per heavy atom. The van der Waals surface area contributed by atoms with Crippen LogP contribution in [0, 0.1) is 0 Å². The van der Waals surface area contributed by atoms with Crippen molar-refractivity contribution >= 4 is 32.7 Å². The van der Waals surface area contributed by atoms with Crippen molar-refractivity contribution < 1.29 is 0 Å². The molecule has 0 saturated heterocycles. The zero-order valence-electron chi connectivity index (χ0n) is 15.3. The lowest BCUT2D eigenvalue weighted by Gasteiger charge is -2.25. The van der Waals surface area contributed by atoms with E-state index in [-0.39, 0.29) is 6.04 Å². The first-order chi connectivity index (χ1) is 13.3. The highest BCUT2D eigenvalue weighted by molar-refractivity contribution is 6.08. The third-order valence-corrected chi connectivity index (χ3v) is 6.13. The zero-order valence-corrected chi connectivity index (χ0v) is 15.3. The molecule has 3 heterocycles. The predicted octanol–water partition coefficient (Wildman–Crippen LogP) is 5.05. The number of aryl methyl sites for hydroxylation is 1. The first-order valence-electron chi connectivity index (χ1n) is 9.61. The van der Waals surface area contributed by atoms with E-state index in [0.717, 1.165) is 13.0 Å². The van der Waals surface area contributed by atoms with Gasteiger partial charge in [-0.25, -0.2) is 0 Å². The summed E-state index contributed by atoms with van der Waals surface area (Å²) in [5, 5.41) is 7.75. The molecule has 0 radical (unpaired) electrons. The van der Waals surface area contributed by atoms with E-state index >= 15 is 0 Å². The third kappa shape index (κ3) is 2.06. The first kappa shape index (κ1) is 15.1. The molecule has 27 heavy (non-hydrogen) atoms. The summed E-state index contributed by atoms with van der Waals surface area (Å²) in [6, 6.07) is 24.4. The number of rotatable bonds is 1. The Morgan fingerprint density at radius 2 is 1.63 bits per heavy atom. The van der Waals surface area contributed by atoms with Crippen molar-refractivity contribution in [2.75, 3.05) is 6.54 Å². The minimum Gasteiger partial charge on any atom is -0.357 e. The number of aromatic nitrogens is 2. The van der Waals surface area contributed by atoms with Crippen LogP contribution in [0.15, 0.2) is 66.7 Å². The minimum atomic E-state index is 0.213. The maximum absolute atomic E-state index is 3.73. The Labute approximate surface area is 157 Å². The summed E-state index contributed by atoms with van der Waals surface area (Å²) < 4.78 is 2.29. The summed E-state index contributed by atoms with van der Waals surface area (Å²) in [6.07, 6.45) is 1.08. The molecule has 0 fully saturated rings. The molecule has 5 aromatic rings. The number of nitrogens with zero attached hydrogens (tertiary/aromatic N) is 1. The number of aromatic amines is 1. The quantitative estimate of drug-likeness (QED) is 0.435. The predicted molar refractivity (Wildman–Crippen MR) is 112 cm³/mol. The van der Waals surface area contributed by atoms with Crippen molar-refractivity contribution in [3.8, 4) is 0 Å². The van der Waals surface area contributed by atoms with Crippen LogP contribution >= 0.6 is 0 Å². The van der Waals surface area contributed by atoms with Crippen molar-refractivity contribution in [1.82, 2.24) is 14.9 Å². The average molecular weight is 351 g/mol. The Balaban J connectivity index is 1.58. The van der Waals surface area contributed by atoms with Gasteiger partial charge >= 0.3 is 0 Å². The van der Waals surface area contributed by atoms with Crippen LogP contribution in [0.5, 0.6) is 0 Å². The third-order valence-electron chi connectivity index (χ3n) is 6.13. The van der Waals surface area contributed by atoms with Gasteiger partial charge in [0.05, 0.1) is 6.04 Å². The number of nitrogens with one attached hydrogen (secondary N) is 2. The van der Waals surface area contributed by atoms with Crippen molar-refractivity contribution in [3.63, 3.8) is 0 Å². The summed E-state index contributed by atoms with van der Waals surface area (Å²) in [5.74, 6) is 0. The molecule has 0 spiro atoms. The van der Waals surface area contributed by atoms with E-state index in [2.05, 4.69) is 88.6 Å². The summed E-state index contributed by atoms with van der Waals surface area (Å²) in [4.78, 5) is 3.69. The highest BCUT2D eigenvalue weighted by atomic mass is 15.0. The van der Waals surface area contributed by atoms with Crippen LogP contribution in [-0.4, -0.2) is 16.1 Å². The molecular weight excluding hydrogens is 330 g/mol. The van der Waals surface area contributed by atoms with Gasteiger partial charge in [-0.2, -0.15) is 0 Å². The number of hydrogen-bond donors (Lipinski definition) is 2. The van der Waals surface area contributed by atoms with Crippen molar-refractivity contribution in [2.24, 2.45) is 7.05 Å². The molecule has 0 amide bonds. The second-order valence-corrected chi connectivity index (χ2v) is 7.55. The van der Waals surface area contributed by atoms with Gasteiger partial charge in [-0.15, -0.1) is 0 Å². The molecule has 2 N–H and O–H groups in total. The number of H-pyrrole nitrogens is 1. The van der Waals surface area contributed by atoms with E-state index < -0.39 is 0 Å². The Hall–Kier alpha value is -3.04. The van der Waals surface area contributed by atoms with Gasteiger partial charge in [0, 0.05) is 52.0 Å². The van der Waals surface area contributed by atoms with Crippen LogP contribution in [0.2, 0.25) is 0 Å². The maximum Gasteiger partial charge on any atom is 0.0732 e. The molecule has 3 aromatic carbocycles. The molecule has 2 aromatic heterocycles. The number of hydrogen-bond acceptors (Lipinski definition) is 1. The first-order valence-corrected chi connectivity index (χ1v) is 9.61. The Bertz CT molecular complexity index is 1320. The van der Waals surface area contributed by atoms with E-state index in [1.54, 1.807) is 0 Å². The smallest absolute Gasteiger partial charge is 0.0732 e. The van der Waals surface area contributed by atoms with Gasteiger partial charge in [0.15, 0.2) is 0 Å². The Morgan fingerprint density at radius 3 is 2.56 bits per heavy atom. The van der Waals surface area contributed by atoms with Gasteiger partial charge in [0.1, 0.15) is 0 Å². The molecule has 0 aliphatic carbocycles. The highest BCUT2D eigenvalue weighted by Gasteiger charge is 2.25. The van der Waals surface area contributed by atoms with Gasteiger partial charge in [0.2, 0.25) is 0 Å². The largest absolute Gasteiger partial charge is 0.357 e. The van der Waals surface area contributed by atoms with Crippen LogP contribution in [0.4, 0.5) is 0 Å². The molecule has 132 valence electrons. The fourth-order valence-electron chi connectivity index (χ4n) is 4.83. The minimum absolute atomic E-state index is 0.213. The second-order valence-electron chi connectivity index (χ2n) is 7.55. The van der Waals surface area contributed by atoms with Crippen molar-refractivity contribution in [2.45, 2.75) is 12.5 Å². The molecular formula is C24H21N3. The van der Waals surface area contributed by atoms with Crippen LogP contribution in [0.25, 0.3) is 32.7 Å². The van der Waals surface area contributed by atoms with E-state index in [0.29, 0.717) is 0 Å². The normalized spacial score (nSPS) is 17.0. The average Bonchev–Trinajstić information content (AvgIpc) is 3.24. The van der Waals surface area contributed by atoms with Crippen LogP contribution in [-0.2, 0) is 13.5 Å². The molecule has 1 atom stereocenters. The molecule has 1 unspecified atom stereocenters. The van der Waals surface area contributed by atoms with Gasteiger partial charge in [-0.1, -0.05) is 42.5 Å². The van der Waals surface area contributed by atoms with Crippen LogP contribution < -0.4 is 5.32 Å². The molecule has 3 nitrogen and oxygen atoms in total. The summed E-state index contributed by atoms with van der Waals surface area (Å²) >= 11 is 0. The fourth-order valence-corrected chi connectivity index (χ4v) is 4.83.